The molecule has 0 radical (unpaired) electrons. The Bertz CT molecular complexity index is 961. The van der Waals surface area contributed by atoms with Crippen LogP contribution in [-0.4, -0.2) is 12.1 Å². The molecule has 1 amide bonds. The standard InChI is InChI=1S/C26H22NOP.BrH/c28-26(27-22-13-5-1-6-14-22)21-29(23-15-7-2-8-16-23,24-17-9-3-10-18-24)25-19-11-4-12-20-25;/h1-20H,21H2;1H. The number of amides is 1. The van der Waals surface area contributed by atoms with Crippen molar-refractivity contribution >= 4 is 34.8 Å². The molecule has 0 spiro atoms. The zero-order valence-electron chi connectivity index (χ0n) is 16.5. The number of para-hydroxylation sites is 1. The smallest absolute Gasteiger partial charge is 0.263 e. The quantitative estimate of drug-likeness (QED) is 0.422. The number of halogens is 1. The lowest BCUT2D eigenvalue weighted by Crippen LogP contribution is -3.00. The zero-order valence-corrected chi connectivity index (χ0v) is 19.0. The molecule has 0 heterocycles. The van der Waals surface area contributed by atoms with Crippen LogP contribution in [0.5, 0.6) is 0 Å². The van der Waals surface area contributed by atoms with Gasteiger partial charge in [0.15, 0.2) is 6.16 Å². The van der Waals surface area contributed by atoms with Crippen molar-refractivity contribution < 1.29 is 21.8 Å². The zero-order chi connectivity index (χ0) is 19.9. The minimum atomic E-state index is -2.16. The number of benzene rings is 4. The molecule has 1 N–H and O–H groups in total. The molecule has 150 valence electrons. The topological polar surface area (TPSA) is 29.1 Å². The van der Waals surface area contributed by atoms with E-state index in [0.717, 1.165) is 5.69 Å². The molecule has 0 atom stereocenters. The monoisotopic (exact) mass is 475 g/mol. The third-order valence-corrected chi connectivity index (χ3v) is 9.33. The Labute approximate surface area is 189 Å². The average molecular weight is 476 g/mol. The highest BCUT2D eigenvalue weighted by molar-refractivity contribution is 7.96. The molecule has 30 heavy (non-hydrogen) atoms. The highest BCUT2D eigenvalue weighted by Crippen LogP contribution is 2.55. The Balaban J connectivity index is 0.00000256. The number of anilines is 1. The van der Waals surface area contributed by atoms with Crippen LogP contribution in [0.25, 0.3) is 0 Å². The molecule has 0 aliphatic carbocycles. The second-order valence-corrected chi connectivity index (χ2v) is 10.4. The van der Waals surface area contributed by atoms with Crippen molar-refractivity contribution in [1.82, 2.24) is 0 Å². The fraction of sp³-hybridized carbons (Fsp3) is 0.0385. The van der Waals surface area contributed by atoms with Crippen molar-refractivity contribution in [1.29, 1.82) is 0 Å². The van der Waals surface area contributed by atoms with E-state index in [4.69, 9.17) is 0 Å². The second-order valence-electron chi connectivity index (χ2n) is 6.89. The molecule has 0 aromatic heterocycles. The third kappa shape index (κ3) is 4.70. The Morgan fingerprint density at radius 3 is 1.27 bits per heavy atom. The van der Waals surface area contributed by atoms with E-state index in [1.54, 1.807) is 0 Å². The van der Waals surface area contributed by atoms with Gasteiger partial charge < -0.3 is 22.3 Å². The van der Waals surface area contributed by atoms with Gasteiger partial charge in [0.1, 0.15) is 23.2 Å². The van der Waals surface area contributed by atoms with Crippen LogP contribution in [0.2, 0.25) is 0 Å². The minimum absolute atomic E-state index is 0. The molecule has 0 fully saturated rings. The van der Waals surface area contributed by atoms with Gasteiger partial charge in [-0.15, -0.1) is 0 Å². The van der Waals surface area contributed by atoms with Crippen molar-refractivity contribution in [2.45, 2.75) is 0 Å². The van der Waals surface area contributed by atoms with E-state index in [0.29, 0.717) is 6.16 Å². The summed E-state index contributed by atoms with van der Waals surface area (Å²) in [5, 5.41) is 6.72. The predicted octanol–water partition coefficient (Wildman–Crippen LogP) is 1.62. The van der Waals surface area contributed by atoms with E-state index in [2.05, 4.69) is 78.1 Å². The molecule has 4 aromatic rings. The van der Waals surface area contributed by atoms with Gasteiger partial charge in [-0.05, 0) is 48.5 Å². The number of carbonyl (C=O) groups is 1. The van der Waals surface area contributed by atoms with E-state index >= 15 is 0 Å². The first-order valence-corrected chi connectivity index (χ1v) is 11.7. The molecule has 0 unspecified atom stereocenters. The first kappa shape index (κ1) is 22.0. The maximum atomic E-state index is 13.3. The van der Waals surface area contributed by atoms with Crippen LogP contribution in [-0.2, 0) is 4.79 Å². The van der Waals surface area contributed by atoms with E-state index in [1.807, 2.05) is 48.5 Å². The van der Waals surface area contributed by atoms with Crippen LogP contribution in [0.3, 0.4) is 0 Å². The molecule has 4 heteroatoms. The van der Waals surface area contributed by atoms with E-state index in [1.165, 1.54) is 15.9 Å². The van der Waals surface area contributed by atoms with Crippen LogP contribution < -0.4 is 38.2 Å². The normalized spacial score (nSPS) is 10.7. The predicted molar refractivity (Wildman–Crippen MR) is 125 cm³/mol. The Morgan fingerprint density at radius 1 is 0.567 bits per heavy atom. The van der Waals surface area contributed by atoms with Crippen LogP contribution in [0.15, 0.2) is 121 Å². The van der Waals surface area contributed by atoms with E-state index in [9.17, 15) is 4.79 Å². The summed E-state index contributed by atoms with van der Waals surface area (Å²) in [5.74, 6) is 0.0288. The summed E-state index contributed by atoms with van der Waals surface area (Å²) >= 11 is 0. The summed E-state index contributed by atoms with van der Waals surface area (Å²) in [4.78, 5) is 13.3. The molecule has 2 nitrogen and oxygen atoms in total. The van der Waals surface area contributed by atoms with Crippen LogP contribution in [0.4, 0.5) is 5.69 Å². The van der Waals surface area contributed by atoms with E-state index in [-0.39, 0.29) is 22.9 Å². The van der Waals surface area contributed by atoms with Crippen molar-refractivity contribution in [2.75, 3.05) is 11.5 Å². The van der Waals surface area contributed by atoms with E-state index < -0.39 is 7.26 Å². The van der Waals surface area contributed by atoms with Crippen LogP contribution >= 0.6 is 7.26 Å². The summed E-state index contributed by atoms with van der Waals surface area (Å²) in [6, 6.07) is 41.0. The first-order chi connectivity index (χ1) is 14.3. The number of carbonyl (C=O) groups excluding carboxylic acids is 1. The SMILES string of the molecule is O=C(C[P+](c1ccccc1)(c1ccccc1)c1ccccc1)Nc1ccccc1.[Br-]. The Kier molecular flexibility index (Phi) is 7.57. The fourth-order valence-corrected chi connectivity index (χ4v) is 7.70. The molecule has 0 bridgehead atoms. The lowest BCUT2D eigenvalue weighted by atomic mass is 10.3. The van der Waals surface area contributed by atoms with Gasteiger partial charge in [-0.2, -0.15) is 0 Å². The molecule has 0 saturated heterocycles. The summed E-state index contributed by atoms with van der Waals surface area (Å²) in [7, 11) is -2.16. The van der Waals surface area contributed by atoms with Gasteiger partial charge in [0.2, 0.25) is 0 Å². The maximum absolute atomic E-state index is 13.3. The molecule has 0 aliphatic rings. The summed E-state index contributed by atoms with van der Waals surface area (Å²) in [6.07, 6.45) is 0.417. The van der Waals surface area contributed by atoms with Crippen LogP contribution in [0, 0.1) is 0 Å². The molecular formula is C26H23BrNOP. The fourth-order valence-electron chi connectivity index (χ4n) is 3.71. The number of nitrogens with one attached hydrogen (secondary N) is 1. The molecule has 4 rings (SSSR count). The Hall–Kier alpha value is -2.74. The summed E-state index contributed by atoms with van der Waals surface area (Å²) < 4.78 is 0. The van der Waals surface area contributed by atoms with Gasteiger partial charge in [0, 0.05) is 5.69 Å². The third-order valence-electron chi connectivity index (χ3n) is 5.03. The summed E-state index contributed by atoms with van der Waals surface area (Å²) in [6.45, 7) is 0. The number of hydrogen-bond acceptors (Lipinski definition) is 1. The summed E-state index contributed by atoms with van der Waals surface area (Å²) in [5.41, 5.74) is 0.824. The largest absolute Gasteiger partial charge is 1.00 e. The molecular weight excluding hydrogens is 453 g/mol. The molecule has 4 aromatic carbocycles. The number of hydrogen-bond donors (Lipinski definition) is 1. The molecule has 0 aliphatic heterocycles. The van der Waals surface area contributed by atoms with Gasteiger partial charge in [-0.1, -0.05) is 72.8 Å². The Morgan fingerprint density at radius 2 is 0.900 bits per heavy atom. The highest BCUT2D eigenvalue weighted by atomic mass is 79.9. The maximum Gasteiger partial charge on any atom is 0.263 e. The van der Waals surface area contributed by atoms with Gasteiger partial charge >= 0.3 is 0 Å². The van der Waals surface area contributed by atoms with Crippen molar-refractivity contribution in [2.24, 2.45) is 0 Å². The van der Waals surface area contributed by atoms with Crippen molar-refractivity contribution in [3.63, 3.8) is 0 Å². The van der Waals surface area contributed by atoms with Gasteiger partial charge in [0.25, 0.3) is 5.91 Å². The lowest BCUT2D eigenvalue weighted by molar-refractivity contribution is -0.113. The van der Waals surface area contributed by atoms with Gasteiger partial charge in [-0.3, -0.25) is 4.79 Å². The van der Waals surface area contributed by atoms with Crippen LogP contribution in [0.1, 0.15) is 0 Å². The highest BCUT2D eigenvalue weighted by Gasteiger charge is 2.47. The number of rotatable bonds is 6. The minimum Gasteiger partial charge on any atom is -1.00 e. The average Bonchev–Trinajstić information content (AvgIpc) is 2.80. The van der Waals surface area contributed by atoms with Crippen molar-refractivity contribution in [3.8, 4) is 0 Å². The first-order valence-electron chi connectivity index (χ1n) is 9.69. The van der Waals surface area contributed by atoms with Crippen molar-refractivity contribution in [3.05, 3.63) is 121 Å². The molecule has 0 saturated carbocycles. The lowest BCUT2D eigenvalue weighted by Gasteiger charge is -2.27. The van der Waals surface area contributed by atoms with Gasteiger partial charge in [0.05, 0.1) is 0 Å². The second kappa shape index (κ2) is 10.3. The van der Waals surface area contributed by atoms with Gasteiger partial charge in [-0.25, -0.2) is 0 Å².